The van der Waals surface area contributed by atoms with E-state index in [1.54, 1.807) is 0 Å². The molecule has 0 bridgehead atoms. The first-order valence-electron chi connectivity index (χ1n) is 18.6. The minimum atomic E-state index is 1.12. The highest BCUT2D eigenvalue weighted by molar-refractivity contribution is 4.82. The zero-order valence-electron chi connectivity index (χ0n) is 27.9. The fourth-order valence-corrected chi connectivity index (χ4v) is 5.42. The van der Waals surface area contributed by atoms with Gasteiger partial charge in [0.2, 0.25) is 0 Å². The second-order valence-electron chi connectivity index (χ2n) is 12.4. The van der Waals surface area contributed by atoms with E-state index in [4.69, 9.17) is 0 Å². The van der Waals surface area contributed by atoms with E-state index < -0.39 is 0 Å². The lowest BCUT2D eigenvalue weighted by Gasteiger charge is -2.07. The summed E-state index contributed by atoms with van der Waals surface area (Å²) in [6, 6.07) is 0. The summed E-state index contributed by atoms with van der Waals surface area (Å²) in [5.41, 5.74) is 0. The van der Waals surface area contributed by atoms with Gasteiger partial charge >= 0.3 is 0 Å². The van der Waals surface area contributed by atoms with Gasteiger partial charge < -0.3 is 10.6 Å². The van der Waals surface area contributed by atoms with Crippen LogP contribution in [-0.2, 0) is 0 Å². The van der Waals surface area contributed by atoms with Crippen LogP contribution in [0.15, 0.2) is 24.3 Å². The van der Waals surface area contributed by atoms with Crippen LogP contribution in [0.25, 0.3) is 0 Å². The van der Waals surface area contributed by atoms with E-state index in [9.17, 15) is 0 Å². The molecular formula is C38H76N2. The van der Waals surface area contributed by atoms with Gasteiger partial charge in [0.05, 0.1) is 0 Å². The van der Waals surface area contributed by atoms with E-state index in [-0.39, 0.29) is 0 Å². The average Bonchev–Trinajstić information content (AvgIpc) is 2.97. The van der Waals surface area contributed by atoms with Gasteiger partial charge in [-0.1, -0.05) is 154 Å². The first-order valence-corrected chi connectivity index (χ1v) is 18.6. The van der Waals surface area contributed by atoms with E-state index in [1.807, 2.05) is 0 Å². The summed E-state index contributed by atoms with van der Waals surface area (Å²) < 4.78 is 0. The molecule has 0 aromatic heterocycles. The minimum absolute atomic E-state index is 1.12. The van der Waals surface area contributed by atoms with Crippen LogP contribution < -0.4 is 10.6 Å². The lowest BCUT2D eigenvalue weighted by molar-refractivity contribution is 0.538. The van der Waals surface area contributed by atoms with Gasteiger partial charge in [0, 0.05) is 13.1 Å². The molecule has 0 amide bonds. The molecule has 2 nitrogen and oxygen atoms in total. The lowest BCUT2D eigenvalue weighted by atomic mass is 10.1. The van der Waals surface area contributed by atoms with Crippen LogP contribution in [0, 0.1) is 0 Å². The van der Waals surface area contributed by atoms with Crippen LogP contribution in [0.3, 0.4) is 0 Å². The van der Waals surface area contributed by atoms with Crippen LogP contribution in [-0.4, -0.2) is 26.2 Å². The van der Waals surface area contributed by atoms with Gasteiger partial charge in [-0.2, -0.15) is 0 Å². The molecule has 0 rings (SSSR count). The minimum Gasteiger partial charge on any atom is -0.315 e. The molecule has 238 valence electrons. The molecule has 0 spiro atoms. The summed E-state index contributed by atoms with van der Waals surface area (Å²) in [6.45, 7) is 9.21. The van der Waals surface area contributed by atoms with Gasteiger partial charge in [-0.15, -0.1) is 0 Å². The zero-order valence-corrected chi connectivity index (χ0v) is 27.9. The molecule has 0 unspecified atom stereocenters. The quantitative estimate of drug-likeness (QED) is 0.0595. The Labute approximate surface area is 254 Å². The van der Waals surface area contributed by atoms with Gasteiger partial charge in [0.1, 0.15) is 0 Å². The normalized spacial score (nSPS) is 11.9. The Morgan fingerprint density at radius 2 is 0.525 bits per heavy atom. The van der Waals surface area contributed by atoms with Crippen molar-refractivity contribution in [3.8, 4) is 0 Å². The molecule has 2 N–H and O–H groups in total. The maximum atomic E-state index is 3.61. The Hall–Kier alpha value is -0.600. The fourth-order valence-electron chi connectivity index (χ4n) is 5.42. The first kappa shape index (κ1) is 39.4. The zero-order chi connectivity index (χ0) is 28.9. The van der Waals surface area contributed by atoms with Crippen LogP contribution in [0.1, 0.15) is 194 Å². The van der Waals surface area contributed by atoms with Crippen molar-refractivity contribution in [2.45, 2.75) is 194 Å². The van der Waals surface area contributed by atoms with Crippen LogP contribution in [0.4, 0.5) is 0 Å². The summed E-state index contributed by atoms with van der Waals surface area (Å²) in [7, 11) is 0. The first-order chi connectivity index (χ1) is 19.9. The van der Waals surface area contributed by atoms with Crippen molar-refractivity contribution in [2.24, 2.45) is 0 Å². The second kappa shape index (κ2) is 38.4. The largest absolute Gasteiger partial charge is 0.315 e. The smallest absolute Gasteiger partial charge is 0.00767 e. The Morgan fingerprint density at radius 1 is 0.275 bits per heavy atom. The van der Waals surface area contributed by atoms with E-state index in [2.05, 4.69) is 48.8 Å². The van der Waals surface area contributed by atoms with Crippen molar-refractivity contribution < 1.29 is 0 Å². The number of rotatable bonds is 35. The molecule has 0 saturated carbocycles. The van der Waals surface area contributed by atoms with Crippen molar-refractivity contribution in [3.05, 3.63) is 24.3 Å². The van der Waals surface area contributed by atoms with Crippen LogP contribution >= 0.6 is 0 Å². The third-order valence-electron chi connectivity index (χ3n) is 8.21. The van der Waals surface area contributed by atoms with Crippen molar-refractivity contribution in [1.82, 2.24) is 10.6 Å². The highest BCUT2D eigenvalue weighted by Crippen LogP contribution is 2.11. The van der Waals surface area contributed by atoms with Crippen LogP contribution in [0.5, 0.6) is 0 Å². The standard InChI is InChI=1S/C38H76N2/c1-3-5-7-9-11-13-15-17-19-21-23-25-27-29-31-33-35-39-37-38-40-36-34-32-30-28-26-24-22-20-18-16-14-12-10-8-6-4-2/h17-20,39-40H,3-16,21-38H2,1-2H3/b19-17-,20-18-. The maximum Gasteiger partial charge on any atom is 0.00767 e. The molecule has 0 aromatic rings. The molecule has 2 heteroatoms. The third-order valence-corrected chi connectivity index (χ3v) is 8.21. The highest BCUT2D eigenvalue weighted by atomic mass is 14.9. The molecule has 0 radical (unpaired) electrons. The Morgan fingerprint density at radius 3 is 0.825 bits per heavy atom. The van der Waals surface area contributed by atoms with Gasteiger partial charge in [-0.25, -0.2) is 0 Å². The van der Waals surface area contributed by atoms with E-state index >= 15 is 0 Å². The Bertz CT molecular complexity index is 440. The summed E-state index contributed by atoms with van der Waals surface area (Å²) in [6.07, 6.45) is 48.6. The van der Waals surface area contributed by atoms with E-state index in [0.717, 1.165) is 13.1 Å². The van der Waals surface area contributed by atoms with Gasteiger partial charge in [0.15, 0.2) is 0 Å². The number of nitrogens with one attached hydrogen (secondary N) is 2. The van der Waals surface area contributed by atoms with E-state index in [1.165, 1.54) is 193 Å². The molecule has 0 fully saturated rings. The summed E-state index contributed by atoms with van der Waals surface area (Å²) >= 11 is 0. The molecular weight excluding hydrogens is 484 g/mol. The monoisotopic (exact) mass is 561 g/mol. The number of unbranched alkanes of at least 4 members (excludes halogenated alkanes) is 24. The van der Waals surface area contributed by atoms with Crippen LogP contribution in [0.2, 0.25) is 0 Å². The molecule has 0 saturated heterocycles. The lowest BCUT2D eigenvalue weighted by Crippen LogP contribution is -2.28. The number of hydrogen-bond acceptors (Lipinski definition) is 2. The molecule has 0 aliphatic rings. The molecule has 0 aromatic carbocycles. The van der Waals surface area contributed by atoms with Gasteiger partial charge in [-0.3, -0.25) is 0 Å². The molecule has 0 aliphatic carbocycles. The second-order valence-corrected chi connectivity index (χ2v) is 12.4. The van der Waals surface area contributed by atoms with Crippen molar-refractivity contribution >= 4 is 0 Å². The van der Waals surface area contributed by atoms with Gasteiger partial charge in [-0.05, 0) is 77.3 Å². The van der Waals surface area contributed by atoms with Gasteiger partial charge in [0.25, 0.3) is 0 Å². The van der Waals surface area contributed by atoms with Crippen molar-refractivity contribution in [1.29, 1.82) is 0 Å². The summed E-state index contributed by atoms with van der Waals surface area (Å²) in [5, 5.41) is 7.23. The topological polar surface area (TPSA) is 24.1 Å². The Kier molecular flexibility index (Phi) is 37.8. The number of hydrogen-bond donors (Lipinski definition) is 2. The Balaban J connectivity index is 3.09. The van der Waals surface area contributed by atoms with Crippen molar-refractivity contribution in [3.63, 3.8) is 0 Å². The van der Waals surface area contributed by atoms with Crippen molar-refractivity contribution in [2.75, 3.05) is 26.2 Å². The molecule has 0 heterocycles. The molecule has 0 atom stereocenters. The SMILES string of the molecule is CCCCCCCC/C=C\CCCCCCCCNCCNCCCCCCCC/C=C\CCCCCCCC. The summed E-state index contributed by atoms with van der Waals surface area (Å²) in [4.78, 5) is 0. The number of allylic oxidation sites excluding steroid dienone is 4. The highest BCUT2D eigenvalue weighted by Gasteiger charge is 1.94. The summed E-state index contributed by atoms with van der Waals surface area (Å²) in [5.74, 6) is 0. The predicted octanol–water partition coefficient (Wildman–Crippen LogP) is 12.2. The molecule has 0 aliphatic heterocycles. The maximum absolute atomic E-state index is 3.61. The van der Waals surface area contributed by atoms with E-state index in [0.29, 0.717) is 0 Å². The third kappa shape index (κ3) is 37.4. The predicted molar refractivity (Wildman–Crippen MR) is 185 cm³/mol. The fraction of sp³-hybridized carbons (Fsp3) is 0.895. The average molecular weight is 561 g/mol. The molecule has 40 heavy (non-hydrogen) atoms.